The fourth-order valence-electron chi connectivity index (χ4n) is 1.11. The second-order valence-corrected chi connectivity index (χ2v) is 3.41. The molecule has 0 aliphatic carbocycles. The number of hydrogen-bond acceptors (Lipinski definition) is 2. The minimum Gasteiger partial charge on any atom is -0.336 e. The number of anilines is 1. The molecule has 0 saturated heterocycles. The summed E-state index contributed by atoms with van der Waals surface area (Å²) in [5.41, 5.74) is 0.981. The lowest BCUT2D eigenvalue weighted by Crippen LogP contribution is -2.34. The quantitative estimate of drug-likeness (QED) is 0.772. The van der Waals surface area contributed by atoms with Crippen LogP contribution in [-0.2, 0) is 0 Å². The Bertz CT molecular complexity index is 393. The van der Waals surface area contributed by atoms with E-state index in [9.17, 15) is 4.79 Å². The number of para-hydroxylation sites is 1. The number of benzene rings is 1. The van der Waals surface area contributed by atoms with Crippen LogP contribution < -0.4 is 10.6 Å². The molecule has 1 rings (SSSR count). The average Bonchev–Trinajstić information content (AvgIpc) is 2.17. The lowest BCUT2D eigenvalue weighted by atomic mass is 10.2. The van der Waals surface area contributed by atoms with Gasteiger partial charge in [-0.25, -0.2) is 4.79 Å². The highest BCUT2D eigenvalue weighted by Crippen LogP contribution is 2.12. The molecule has 2 amide bonds. The van der Waals surface area contributed by atoms with Crippen LogP contribution in [-0.4, -0.2) is 12.1 Å². The maximum absolute atomic E-state index is 11.4. The van der Waals surface area contributed by atoms with Gasteiger partial charge in [-0.1, -0.05) is 12.1 Å². The molecule has 2 N–H and O–H groups in total. The van der Waals surface area contributed by atoms with Gasteiger partial charge in [-0.15, -0.1) is 0 Å². The molecule has 0 aliphatic rings. The Morgan fingerprint density at radius 3 is 2.67 bits per heavy atom. The molecule has 0 heterocycles. The third-order valence-electron chi connectivity index (χ3n) is 1.72. The van der Waals surface area contributed by atoms with Gasteiger partial charge in [-0.05, 0) is 26.0 Å². The van der Waals surface area contributed by atoms with Gasteiger partial charge < -0.3 is 10.6 Å². The molecule has 0 aliphatic heterocycles. The van der Waals surface area contributed by atoms with E-state index in [4.69, 9.17) is 5.26 Å². The molecule has 0 aromatic heterocycles. The zero-order valence-corrected chi connectivity index (χ0v) is 8.74. The molecule has 1 aromatic rings. The van der Waals surface area contributed by atoms with E-state index >= 15 is 0 Å². The zero-order valence-electron chi connectivity index (χ0n) is 8.74. The van der Waals surface area contributed by atoms with Crippen LogP contribution in [0.2, 0.25) is 0 Å². The van der Waals surface area contributed by atoms with E-state index in [1.54, 1.807) is 24.3 Å². The highest BCUT2D eigenvalue weighted by Gasteiger charge is 2.05. The van der Waals surface area contributed by atoms with Gasteiger partial charge in [0, 0.05) is 6.04 Å². The van der Waals surface area contributed by atoms with Crippen LogP contribution in [0.25, 0.3) is 0 Å². The van der Waals surface area contributed by atoms with Gasteiger partial charge >= 0.3 is 6.03 Å². The minimum atomic E-state index is -0.298. The van der Waals surface area contributed by atoms with Crippen molar-refractivity contribution < 1.29 is 4.79 Å². The Hall–Kier alpha value is -2.02. The normalized spacial score (nSPS) is 9.47. The van der Waals surface area contributed by atoms with Crippen LogP contribution in [0.4, 0.5) is 10.5 Å². The third-order valence-corrected chi connectivity index (χ3v) is 1.72. The lowest BCUT2D eigenvalue weighted by Gasteiger charge is -2.10. The smallest absolute Gasteiger partial charge is 0.319 e. The number of amides is 2. The highest BCUT2D eigenvalue weighted by molar-refractivity contribution is 5.90. The highest BCUT2D eigenvalue weighted by atomic mass is 16.2. The summed E-state index contributed by atoms with van der Waals surface area (Å²) in [5, 5.41) is 14.1. The predicted octanol–water partition coefficient (Wildman–Crippen LogP) is 2.09. The summed E-state index contributed by atoms with van der Waals surface area (Å²) >= 11 is 0. The fraction of sp³-hybridized carbons (Fsp3) is 0.273. The number of hydrogen-bond donors (Lipinski definition) is 2. The molecule has 0 spiro atoms. The van der Waals surface area contributed by atoms with E-state index in [0.717, 1.165) is 0 Å². The lowest BCUT2D eigenvalue weighted by molar-refractivity contribution is 0.250. The van der Waals surface area contributed by atoms with Crippen molar-refractivity contribution in [3.8, 4) is 6.07 Å². The van der Waals surface area contributed by atoms with Gasteiger partial charge in [0.1, 0.15) is 6.07 Å². The van der Waals surface area contributed by atoms with Gasteiger partial charge in [0.05, 0.1) is 11.3 Å². The van der Waals surface area contributed by atoms with Gasteiger partial charge in [0.25, 0.3) is 0 Å². The van der Waals surface area contributed by atoms with Crippen LogP contribution in [0, 0.1) is 11.3 Å². The first-order valence-electron chi connectivity index (χ1n) is 4.70. The first-order valence-corrected chi connectivity index (χ1v) is 4.70. The molecule has 0 fully saturated rings. The van der Waals surface area contributed by atoms with Crippen LogP contribution in [0.5, 0.6) is 0 Å². The van der Waals surface area contributed by atoms with Gasteiger partial charge in [-0.2, -0.15) is 5.26 Å². The number of nitriles is 1. The summed E-state index contributed by atoms with van der Waals surface area (Å²) in [7, 11) is 0. The molecule has 15 heavy (non-hydrogen) atoms. The number of carbonyl (C=O) groups excluding carboxylic acids is 1. The molecule has 0 radical (unpaired) electrons. The predicted molar refractivity (Wildman–Crippen MR) is 58.4 cm³/mol. The Morgan fingerprint density at radius 1 is 1.40 bits per heavy atom. The van der Waals surface area contributed by atoms with E-state index in [0.29, 0.717) is 11.3 Å². The second kappa shape index (κ2) is 5.01. The first-order chi connectivity index (χ1) is 7.13. The Kier molecular flexibility index (Phi) is 3.69. The fourth-order valence-corrected chi connectivity index (χ4v) is 1.11. The molecule has 78 valence electrons. The minimum absolute atomic E-state index is 0.0687. The number of urea groups is 1. The Morgan fingerprint density at radius 2 is 2.07 bits per heavy atom. The molecule has 0 atom stereocenters. The number of nitrogens with one attached hydrogen (secondary N) is 2. The number of nitrogens with zero attached hydrogens (tertiary/aromatic N) is 1. The molecular weight excluding hydrogens is 190 g/mol. The summed E-state index contributed by atoms with van der Waals surface area (Å²) in [6, 6.07) is 8.66. The Balaban J connectivity index is 2.73. The molecule has 0 unspecified atom stereocenters. The van der Waals surface area contributed by atoms with Crippen LogP contribution in [0.15, 0.2) is 24.3 Å². The van der Waals surface area contributed by atoms with Crippen molar-refractivity contribution in [1.29, 1.82) is 5.26 Å². The number of rotatable bonds is 2. The number of carbonyl (C=O) groups is 1. The van der Waals surface area contributed by atoms with E-state index in [1.165, 1.54) is 0 Å². The van der Waals surface area contributed by atoms with Gasteiger partial charge in [-0.3, -0.25) is 0 Å². The monoisotopic (exact) mass is 203 g/mol. The molecule has 0 saturated carbocycles. The van der Waals surface area contributed by atoms with Crippen molar-refractivity contribution >= 4 is 11.7 Å². The third kappa shape index (κ3) is 3.31. The van der Waals surface area contributed by atoms with Crippen molar-refractivity contribution in [1.82, 2.24) is 5.32 Å². The maximum atomic E-state index is 11.4. The van der Waals surface area contributed by atoms with Crippen LogP contribution in [0.3, 0.4) is 0 Å². The maximum Gasteiger partial charge on any atom is 0.319 e. The van der Waals surface area contributed by atoms with Crippen molar-refractivity contribution in [2.75, 3.05) is 5.32 Å². The summed E-state index contributed by atoms with van der Waals surface area (Å²) in [6.07, 6.45) is 0. The molecule has 1 aromatic carbocycles. The van der Waals surface area contributed by atoms with E-state index in [2.05, 4.69) is 10.6 Å². The topological polar surface area (TPSA) is 64.9 Å². The molecule has 4 nitrogen and oxygen atoms in total. The SMILES string of the molecule is CC(C)NC(=O)Nc1ccccc1C#N. The standard InChI is InChI=1S/C11H13N3O/c1-8(2)13-11(15)14-10-6-4-3-5-9(10)7-12/h3-6,8H,1-2H3,(H2,13,14,15). The van der Waals surface area contributed by atoms with Crippen molar-refractivity contribution in [2.45, 2.75) is 19.9 Å². The van der Waals surface area contributed by atoms with E-state index in [1.807, 2.05) is 19.9 Å². The van der Waals surface area contributed by atoms with Crippen molar-refractivity contribution in [3.05, 3.63) is 29.8 Å². The first kappa shape index (κ1) is 11.1. The zero-order chi connectivity index (χ0) is 11.3. The van der Waals surface area contributed by atoms with Gasteiger partial charge in [0.15, 0.2) is 0 Å². The van der Waals surface area contributed by atoms with Gasteiger partial charge in [0.2, 0.25) is 0 Å². The molecular formula is C11H13N3O. The summed E-state index contributed by atoms with van der Waals surface area (Å²) in [4.78, 5) is 11.4. The second-order valence-electron chi connectivity index (χ2n) is 3.41. The van der Waals surface area contributed by atoms with Crippen LogP contribution in [0.1, 0.15) is 19.4 Å². The summed E-state index contributed by atoms with van der Waals surface area (Å²) in [5.74, 6) is 0. The van der Waals surface area contributed by atoms with E-state index < -0.39 is 0 Å². The van der Waals surface area contributed by atoms with E-state index in [-0.39, 0.29) is 12.1 Å². The summed E-state index contributed by atoms with van der Waals surface area (Å²) in [6.45, 7) is 3.74. The van der Waals surface area contributed by atoms with Crippen LogP contribution >= 0.6 is 0 Å². The largest absolute Gasteiger partial charge is 0.336 e. The Labute approximate surface area is 88.9 Å². The molecule has 4 heteroatoms. The average molecular weight is 203 g/mol. The van der Waals surface area contributed by atoms with Crippen molar-refractivity contribution in [3.63, 3.8) is 0 Å². The molecule has 0 bridgehead atoms. The van der Waals surface area contributed by atoms with Crippen molar-refractivity contribution in [2.24, 2.45) is 0 Å². The summed E-state index contributed by atoms with van der Waals surface area (Å²) < 4.78 is 0.